The van der Waals surface area contributed by atoms with Crippen LogP contribution in [0.1, 0.15) is 51.2 Å². The van der Waals surface area contributed by atoms with Gasteiger partial charge in [-0.25, -0.2) is 4.79 Å². The van der Waals surface area contributed by atoms with E-state index in [1.807, 2.05) is 56.3 Å². The Labute approximate surface area is 208 Å². The zero-order valence-electron chi connectivity index (χ0n) is 20.8. The molecule has 35 heavy (non-hydrogen) atoms. The monoisotopic (exact) mass is 479 g/mol. The van der Waals surface area contributed by atoms with Crippen molar-refractivity contribution in [2.75, 3.05) is 5.32 Å². The van der Waals surface area contributed by atoms with E-state index in [2.05, 4.69) is 28.1 Å². The summed E-state index contributed by atoms with van der Waals surface area (Å²) >= 11 is 0. The number of ether oxygens (including phenoxy) is 1. The van der Waals surface area contributed by atoms with E-state index < -0.39 is 12.1 Å². The molecule has 1 aliphatic carbocycles. The summed E-state index contributed by atoms with van der Waals surface area (Å²) in [6.07, 6.45) is 3.09. The minimum absolute atomic E-state index is 0.00256. The molecule has 0 radical (unpaired) electrons. The lowest BCUT2D eigenvalue weighted by atomic mass is 9.87. The first-order valence-electron chi connectivity index (χ1n) is 12.4. The van der Waals surface area contributed by atoms with Gasteiger partial charge in [0.25, 0.3) is 0 Å². The van der Waals surface area contributed by atoms with Crippen LogP contribution in [0.5, 0.6) is 0 Å². The van der Waals surface area contributed by atoms with Crippen LogP contribution >= 0.6 is 0 Å². The third-order valence-corrected chi connectivity index (χ3v) is 6.36. The van der Waals surface area contributed by atoms with Crippen molar-refractivity contribution in [1.82, 2.24) is 10.6 Å². The second-order valence-electron chi connectivity index (χ2n) is 8.99. The van der Waals surface area contributed by atoms with Gasteiger partial charge in [-0.05, 0) is 48.6 Å². The van der Waals surface area contributed by atoms with Gasteiger partial charge < -0.3 is 25.8 Å². The molecule has 0 saturated heterocycles. The van der Waals surface area contributed by atoms with Gasteiger partial charge in [-0.1, -0.05) is 56.3 Å². The predicted octanol–water partition coefficient (Wildman–Crippen LogP) is 4.25. The zero-order chi connectivity index (χ0) is 25.2. The molecule has 2 aromatic carbocycles. The number of carbonyl (C=O) groups excluding carboxylic acids is 1. The van der Waals surface area contributed by atoms with Crippen molar-refractivity contribution in [3.63, 3.8) is 0 Å². The Morgan fingerprint density at radius 1 is 1.00 bits per heavy atom. The molecule has 0 unspecified atom stereocenters. The fourth-order valence-corrected chi connectivity index (χ4v) is 4.35. The van der Waals surface area contributed by atoms with Crippen molar-refractivity contribution in [2.45, 2.75) is 77.4 Å². The third kappa shape index (κ3) is 7.94. The molecular weight excluding hydrogens is 442 g/mol. The van der Waals surface area contributed by atoms with E-state index in [-0.39, 0.29) is 24.1 Å². The van der Waals surface area contributed by atoms with Gasteiger partial charge in [0, 0.05) is 37.3 Å². The Kier molecular flexibility index (Phi) is 9.87. The molecule has 4 N–H and O–H groups in total. The number of hydrogen-bond donors (Lipinski definition) is 4. The number of carboxylic acids is 1. The molecule has 188 valence electrons. The standard InChI is InChI=1S/C28H37N3O4/c1-4-24(5-2)35-26-16-22(28(33)34)15-25(27(26)31-19(3)32)30-18-21-11-13-23(14-12-21)29-17-20-9-7-6-8-10-20/h6-14,16,24-27,29-30H,4-5,15,17-18H2,1-3H3,(H,31,32)(H,33,34)/t25-,26+,27+/m0/s1. The highest BCUT2D eigenvalue weighted by atomic mass is 16.5. The van der Waals surface area contributed by atoms with Crippen molar-refractivity contribution in [1.29, 1.82) is 0 Å². The number of carbonyl (C=O) groups is 2. The number of nitrogens with one attached hydrogen (secondary N) is 3. The van der Waals surface area contributed by atoms with E-state index in [0.29, 0.717) is 18.5 Å². The molecule has 0 heterocycles. The summed E-state index contributed by atoms with van der Waals surface area (Å²) in [5.74, 6) is -1.12. The van der Waals surface area contributed by atoms with Crippen molar-refractivity contribution in [3.05, 3.63) is 77.4 Å². The Morgan fingerprint density at radius 2 is 1.66 bits per heavy atom. The van der Waals surface area contributed by atoms with Crippen molar-refractivity contribution in [2.24, 2.45) is 0 Å². The molecule has 0 aliphatic heterocycles. The maximum absolute atomic E-state index is 12.0. The molecule has 0 aromatic heterocycles. The molecule has 3 rings (SSSR count). The van der Waals surface area contributed by atoms with E-state index in [0.717, 1.165) is 30.6 Å². The molecule has 0 bridgehead atoms. The summed E-state index contributed by atoms with van der Waals surface area (Å²) in [6, 6.07) is 17.7. The first-order valence-corrected chi connectivity index (χ1v) is 12.4. The first kappa shape index (κ1) is 26.4. The Morgan fingerprint density at radius 3 is 2.26 bits per heavy atom. The molecule has 0 saturated carbocycles. The quantitative estimate of drug-likeness (QED) is 0.363. The Balaban J connectivity index is 1.67. The molecule has 1 amide bonds. The summed E-state index contributed by atoms with van der Waals surface area (Å²) in [4.78, 5) is 23.8. The van der Waals surface area contributed by atoms with Gasteiger partial charge in [-0.3, -0.25) is 4.79 Å². The number of hydrogen-bond acceptors (Lipinski definition) is 5. The predicted molar refractivity (Wildman–Crippen MR) is 138 cm³/mol. The SMILES string of the molecule is CCC(CC)O[C@@H]1C=C(C(=O)O)C[C@H](NCc2ccc(NCc3ccccc3)cc2)[C@H]1NC(C)=O. The number of benzene rings is 2. The second kappa shape index (κ2) is 13.1. The highest BCUT2D eigenvalue weighted by molar-refractivity contribution is 5.87. The maximum atomic E-state index is 12.0. The summed E-state index contributed by atoms with van der Waals surface area (Å²) in [7, 11) is 0. The smallest absolute Gasteiger partial charge is 0.331 e. The van der Waals surface area contributed by atoms with Crippen LogP contribution in [0.3, 0.4) is 0 Å². The van der Waals surface area contributed by atoms with Crippen LogP contribution in [-0.2, 0) is 27.4 Å². The van der Waals surface area contributed by atoms with Crippen molar-refractivity contribution >= 4 is 17.6 Å². The van der Waals surface area contributed by atoms with Crippen LogP contribution in [0, 0.1) is 0 Å². The van der Waals surface area contributed by atoms with Gasteiger partial charge in [0.2, 0.25) is 5.91 Å². The first-order chi connectivity index (χ1) is 16.9. The van der Waals surface area contributed by atoms with Crippen LogP contribution in [0.25, 0.3) is 0 Å². The molecule has 2 aromatic rings. The second-order valence-corrected chi connectivity index (χ2v) is 8.99. The molecule has 1 aliphatic rings. The van der Waals surface area contributed by atoms with Crippen LogP contribution in [0.15, 0.2) is 66.2 Å². The van der Waals surface area contributed by atoms with E-state index in [1.54, 1.807) is 6.08 Å². The average Bonchev–Trinajstić information content (AvgIpc) is 2.86. The lowest BCUT2D eigenvalue weighted by Gasteiger charge is -2.38. The van der Waals surface area contributed by atoms with E-state index in [9.17, 15) is 14.7 Å². The highest BCUT2D eigenvalue weighted by Crippen LogP contribution is 2.25. The van der Waals surface area contributed by atoms with Crippen LogP contribution in [0.2, 0.25) is 0 Å². The molecule has 7 nitrogen and oxygen atoms in total. The van der Waals surface area contributed by atoms with Gasteiger partial charge in [0.15, 0.2) is 0 Å². The zero-order valence-corrected chi connectivity index (χ0v) is 20.8. The lowest BCUT2D eigenvalue weighted by Crippen LogP contribution is -2.58. The Hall–Kier alpha value is -3.16. The van der Waals surface area contributed by atoms with Crippen LogP contribution < -0.4 is 16.0 Å². The topological polar surface area (TPSA) is 99.7 Å². The van der Waals surface area contributed by atoms with Gasteiger partial charge in [0.1, 0.15) is 0 Å². The van der Waals surface area contributed by atoms with E-state index in [4.69, 9.17) is 4.74 Å². The maximum Gasteiger partial charge on any atom is 0.331 e. The fourth-order valence-electron chi connectivity index (χ4n) is 4.35. The summed E-state index contributed by atoms with van der Waals surface area (Å²) in [6.45, 7) is 6.86. The number of rotatable bonds is 12. The third-order valence-electron chi connectivity index (χ3n) is 6.36. The number of anilines is 1. The summed E-state index contributed by atoms with van der Waals surface area (Å²) < 4.78 is 6.24. The molecule has 3 atom stereocenters. The van der Waals surface area contributed by atoms with Crippen LogP contribution in [-0.4, -0.2) is 41.3 Å². The highest BCUT2D eigenvalue weighted by Gasteiger charge is 2.37. The van der Waals surface area contributed by atoms with Crippen molar-refractivity contribution in [3.8, 4) is 0 Å². The van der Waals surface area contributed by atoms with E-state index in [1.165, 1.54) is 12.5 Å². The van der Waals surface area contributed by atoms with Gasteiger partial charge in [-0.15, -0.1) is 0 Å². The number of carboxylic acid groups (broad SMARTS) is 1. The molecular formula is C28H37N3O4. The summed E-state index contributed by atoms with van der Waals surface area (Å²) in [5, 5.41) is 19.6. The minimum atomic E-state index is -0.954. The number of aliphatic carboxylic acids is 1. The summed E-state index contributed by atoms with van der Waals surface area (Å²) in [5.41, 5.74) is 3.62. The largest absolute Gasteiger partial charge is 0.478 e. The minimum Gasteiger partial charge on any atom is -0.478 e. The van der Waals surface area contributed by atoms with Gasteiger partial charge >= 0.3 is 5.97 Å². The normalized spacial score (nSPS) is 19.8. The lowest BCUT2D eigenvalue weighted by molar-refractivity contribution is -0.133. The molecule has 0 fully saturated rings. The number of amides is 1. The Bertz CT molecular complexity index is 987. The van der Waals surface area contributed by atoms with Crippen LogP contribution in [0.4, 0.5) is 5.69 Å². The molecule has 0 spiro atoms. The van der Waals surface area contributed by atoms with Gasteiger partial charge in [-0.2, -0.15) is 0 Å². The average molecular weight is 480 g/mol. The van der Waals surface area contributed by atoms with Crippen molar-refractivity contribution < 1.29 is 19.4 Å². The van der Waals surface area contributed by atoms with E-state index >= 15 is 0 Å². The fraction of sp³-hybridized carbons (Fsp3) is 0.429. The van der Waals surface area contributed by atoms with Gasteiger partial charge in [0.05, 0.1) is 18.2 Å². The molecule has 7 heteroatoms.